The van der Waals surface area contributed by atoms with Crippen LogP contribution < -0.4 is 4.90 Å². The van der Waals surface area contributed by atoms with Crippen molar-refractivity contribution in [3.63, 3.8) is 0 Å². The molecule has 0 spiro atoms. The second-order valence-corrected chi connectivity index (χ2v) is 5.26. The van der Waals surface area contributed by atoms with Crippen LogP contribution in [0.1, 0.15) is 38.2 Å². The van der Waals surface area contributed by atoms with E-state index >= 15 is 0 Å². The molecular formula is C15H23NO. The lowest BCUT2D eigenvalue weighted by molar-refractivity contribution is 0.282. The fourth-order valence-corrected chi connectivity index (χ4v) is 2.90. The van der Waals surface area contributed by atoms with E-state index in [-0.39, 0.29) is 6.61 Å². The second-order valence-electron chi connectivity index (χ2n) is 5.26. The van der Waals surface area contributed by atoms with Crippen LogP contribution >= 0.6 is 0 Å². The highest BCUT2D eigenvalue weighted by atomic mass is 16.3. The number of rotatable bonds is 3. The Kier molecular flexibility index (Phi) is 4.06. The summed E-state index contributed by atoms with van der Waals surface area (Å²) in [7, 11) is 2.19. The Morgan fingerprint density at radius 2 is 1.82 bits per heavy atom. The summed E-state index contributed by atoms with van der Waals surface area (Å²) in [5.74, 6) is 0.784. The zero-order valence-electron chi connectivity index (χ0n) is 10.9. The molecule has 0 bridgehead atoms. The van der Waals surface area contributed by atoms with Crippen molar-refractivity contribution in [3.8, 4) is 0 Å². The van der Waals surface area contributed by atoms with Gasteiger partial charge in [-0.15, -0.1) is 0 Å². The monoisotopic (exact) mass is 233 g/mol. The third kappa shape index (κ3) is 2.81. The topological polar surface area (TPSA) is 23.5 Å². The van der Waals surface area contributed by atoms with Crippen molar-refractivity contribution in [3.05, 3.63) is 29.8 Å². The maximum Gasteiger partial charge on any atom is 0.0681 e. The van der Waals surface area contributed by atoms with Crippen molar-refractivity contribution in [2.45, 2.75) is 45.3 Å². The number of hydrogen-bond acceptors (Lipinski definition) is 2. The lowest BCUT2D eigenvalue weighted by Gasteiger charge is -2.37. The van der Waals surface area contributed by atoms with Crippen LogP contribution in [0.15, 0.2) is 24.3 Å². The summed E-state index contributed by atoms with van der Waals surface area (Å²) < 4.78 is 0. The predicted octanol–water partition coefficient (Wildman–Crippen LogP) is 3.19. The third-order valence-electron chi connectivity index (χ3n) is 4.09. The Balaban J connectivity index is 2.09. The summed E-state index contributed by atoms with van der Waals surface area (Å²) in [6.07, 6.45) is 5.40. The molecule has 2 unspecified atom stereocenters. The van der Waals surface area contributed by atoms with E-state index in [1.807, 2.05) is 12.1 Å². The minimum atomic E-state index is 0.129. The molecule has 0 radical (unpaired) electrons. The first kappa shape index (κ1) is 12.4. The molecule has 1 fully saturated rings. The first-order chi connectivity index (χ1) is 8.22. The van der Waals surface area contributed by atoms with Crippen molar-refractivity contribution in [1.29, 1.82) is 0 Å². The lowest BCUT2D eigenvalue weighted by Crippen LogP contribution is -2.38. The molecule has 1 aliphatic carbocycles. The largest absolute Gasteiger partial charge is 0.392 e. The molecule has 0 heterocycles. The molecule has 0 aliphatic heterocycles. The van der Waals surface area contributed by atoms with Crippen LogP contribution in [0.5, 0.6) is 0 Å². The Hall–Kier alpha value is -1.02. The van der Waals surface area contributed by atoms with Gasteiger partial charge in [-0.2, -0.15) is 0 Å². The standard InChI is InChI=1S/C15H23NO/c1-12-5-3-4-6-15(12)16(2)14-9-7-13(11-17)8-10-14/h7-10,12,15,17H,3-6,11H2,1-2H3. The van der Waals surface area contributed by atoms with E-state index in [0.29, 0.717) is 6.04 Å². The molecule has 17 heavy (non-hydrogen) atoms. The average Bonchev–Trinajstić information content (AvgIpc) is 2.39. The SMILES string of the molecule is CC1CCCCC1N(C)c1ccc(CO)cc1. The van der Waals surface area contributed by atoms with Crippen molar-refractivity contribution < 1.29 is 5.11 Å². The first-order valence-electron chi connectivity index (χ1n) is 6.65. The van der Waals surface area contributed by atoms with Crippen LogP contribution in [-0.2, 0) is 6.61 Å². The Bertz CT molecular complexity index is 346. The van der Waals surface area contributed by atoms with E-state index in [2.05, 4.69) is 31.0 Å². The van der Waals surface area contributed by atoms with Gasteiger partial charge >= 0.3 is 0 Å². The summed E-state index contributed by atoms with van der Waals surface area (Å²) in [6, 6.07) is 8.93. The van der Waals surface area contributed by atoms with Gasteiger partial charge in [-0.1, -0.05) is 31.9 Å². The van der Waals surface area contributed by atoms with Crippen LogP contribution in [-0.4, -0.2) is 18.2 Å². The molecule has 0 aromatic heterocycles. The molecule has 1 aromatic carbocycles. The average molecular weight is 233 g/mol. The molecule has 94 valence electrons. The van der Waals surface area contributed by atoms with Gasteiger partial charge in [0, 0.05) is 18.8 Å². The number of aliphatic hydroxyl groups excluding tert-OH is 1. The molecule has 0 amide bonds. The van der Waals surface area contributed by atoms with Gasteiger partial charge in [0.25, 0.3) is 0 Å². The summed E-state index contributed by atoms with van der Waals surface area (Å²) in [6.45, 7) is 2.49. The Morgan fingerprint density at radius 1 is 1.18 bits per heavy atom. The highest BCUT2D eigenvalue weighted by molar-refractivity contribution is 5.48. The van der Waals surface area contributed by atoms with Crippen LogP contribution in [0.25, 0.3) is 0 Å². The molecule has 2 atom stereocenters. The van der Waals surface area contributed by atoms with E-state index in [4.69, 9.17) is 5.11 Å². The highest BCUT2D eigenvalue weighted by Crippen LogP contribution is 2.30. The van der Waals surface area contributed by atoms with E-state index in [1.165, 1.54) is 31.4 Å². The molecule has 2 heteroatoms. The number of nitrogens with zero attached hydrogens (tertiary/aromatic N) is 1. The van der Waals surface area contributed by atoms with Crippen LogP contribution in [0, 0.1) is 5.92 Å². The van der Waals surface area contributed by atoms with E-state index < -0.39 is 0 Å². The Morgan fingerprint density at radius 3 is 2.41 bits per heavy atom. The van der Waals surface area contributed by atoms with E-state index in [9.17, 15) is 0 Å². The highest BCUT2D eigenvalue weighted by Gasteiger charge is 2.24. The summed E-state index contributed by atoms with van der Waals surface area (Å²) in [4.78, 5) is 2.41. The normalized spacial score (nSPS) is 24.6. The zero-order valence-corrected chi connectivity index (χ0v) is 10.9. The zero-order chi connectivity index (χ0) is 12.3. The summed E-state index contributed by atoms with van der Waals surface area (Å²) >= 11 is 0. The second kappa shape index (κ2) is 5.54. The predicted molar refractivity (Wildman–Crippen MR) is 72.2 cm³/mol. The van der Waals surface area contributed by atoms with Gasteiger partial charge < -0.3 is 10.0 Å². The maximum absolute atomic E-state index is 9.04. The van der Waals surface area contributed by atoms with Crippen LogP contribution in [0.4, 0.5) is 5.69 Å². The maximum atomic E-state index is 9.04. The van der Waals surface area contributed by atoms with E-state index in [1.54, 1.807) is 0 Å². The van der Waals surface area contributed by atoms with Crippen LogP contribution in [0.3, 0.4) is 0 Å². The number of anilines is 1. The van der Waals surface area contributed by atoms with E-state index in [0.717, 1.165) is 11.5 Å². The number of hydrogen-bond donors (Lipinski definition) is 1. The molecule has 1 N–H and O–H groups in total. The smallest absolute Gasteiger partial charge is 0.0681 e. The van der Waals surface area contributed by atoms with Gasteiger partial charge in [0.1, 0.15) is 0 Å². The number of benzene rings is 1. The Labute approximate surface area is 104 Å². The molecule has 2 nitrogen and oxygen atoms in total. The molecule has 2 rings (SSSR count). The molecule has 1 aromatic rings. The summed E-state index contributed by atoms with van der Waals surface area (Å²) in [5.41, 5.74) is 2.25. The molecule has 0 saturated heterocycles. The van der Waals surface area contributed by atoms with Gasteiger partial charge in [-0.05, 0) is 36.5 Å². The van der Waals surface area contributed by atoms with Gasteiger partial charge in [0.15, 0.2) is 0 Å². The van der Waals surface area contributed by atoms with Gasteiger partial charge in [0.05, 0.1) is 6.61 Å². The van der Waals surface area contributed by atoms with Crippen molar-refractivity contribution in [1.82, 2.24) is 0 Å². The minimum absolute atomic E-state index is 0.129. The number of aliphatic hydroxyl groups is 1. The van der Waals surface area contributed by atoms with Crippen LogP contribution in [0.2, 0.25) is 0 Å². The van der Waals surface area contributed by atoms with Gasteiger partial charge in [-0.25, -0.2) is 0 Å². The van der Waals surface area contributed by atoms with Gasteiger partial charge in [-0.3, -0.25) is 0 Å². The minimum Gasteiger partial charge on any atom is -0.392 e. The molecular weight excluding hydrogens is 210 g/mol. The first-order valence-corrected chi connectivity index (χ1v) is 6.65. The fourth-order valence-electron chi connectivity index (χ4n) is 2.90. The van der Waals surface area contributed by atoms with Crippen molar-refractivity contribution in [2.24, 2.45) is 5.92 Å². The molecule has 1 aliphatic rings. The lowest BCUT2D eigenvalue weighted by atomic mass is 9.85. The summed E-state index contributed by atoms with van der Waals surface area (Å²) in [5, 5.41) is 9.04. The fraction of sp³-hybridized carbons (Fsp3) is 0.600. The molecule has 1 saturated carbocycles. The van der Waals surface area contributed by atoms with Gasteiger partial charge in [0.2, 0.25) is 0 Å². The third-order valence-corrected chi connectivity index (χ3v) is 4.09. The van der Waals surface area contributed by atoms with Crippen molar-refractivity contribution >= 4 is 5.69 Å². The van der Waals surface area contributed by atoms with Crippen molar-refractivity contribution in [2.75, 3.05) is 11.9 Å². The quantitative estimate of drug-likeness (QED) is 0.866.